The van der Waals surface area contributed by atoms with Gasteiger partial charge in [-0.2, -0.15) is 4.98 Å². The highest BCUT2D eigenvalue weighted by Crippen LogP contribution is 3.02. The van der Waals surface area contributed by atoms with Gasteiger partial charge in [0.25, 0.3) is 0 Å². The highest BCUT2D eigenvalue weighted by molar-refractivity contribution is 8.45. The van der Waals surface area contributed by atoms with Gasteiger partial charge in [-0.25, -0.2) is 19.1 Å². The second-order valence-electron chi connectivity index (χ2n) is 10.1. The summed E-state index contributed by atoms with van der Waals surface area (Å²) in [6, 6.07) is 3.59. The monoisotopic (exact) mass is 615 g/mol. The highest BCUT2D eigenvalue weighted by atomic mass is 35.5. The number of carbonyl (C=O) groups excluding carboxylic acids is 1. The summed E-state index contributed by atoms with van der Waals surface area (Å²) in [5.74, 6) is -0.00141. The molecule has 0 unspecified atom stereocenters. The lowest BCUT2D eigenvalue weighted by Crippen LogP contribution is -2.55. The number of carbonyl (C=O) groups is 1. The molecule has 1 aromatic carbocycles. The molecular formula is C23H24Cl2F5N5O3S. The Balaban J connectivity index is 1.88. The summed E-state index contributed by atoms with van der Waals surface area (Å²) in [4.78, 5) is 34.6. The summed E-state index contributed by atoms with van der Waals surface area (Å²) in [5.41, 5.74) is -3.61. The maximum absolute atomic E-state index is 13.9. The van der Waals surface area contributed by atoms with Crippen LogP contribution in [0.1, 0.15) is 27.7 Å². The van der Waals surface area contributed by atoms with Crippen LogP contribution in [0.5, 0.6) is 0 Å². The third-order valence-corrected chi connectivity index (χ3v) is 7.68. The predicted octanol–water partition coefficient (Wildman–Crippen LogP) is 7.19. The second kappa shape index (κ2) is 8.83. The van der Waals surface area contributed by atoms with Crippen LogP contribution in [0.3, 0.4) is 0 Å². The zero-order valence-corrected chi connectivity index (χ0v) is 23.4. The molecule has 0 radical (unpaired) electrons. The fourth-order valence-corrected chi connectivity index (χ4v) is 5.43. The number of pyridine rings is 1. The van der Waals surface area contributed by atoms with E-state index < -0.39 is 49.9 Å². The lowest BCUT2D eigenvalue weighted by molar-refractivity contribution is 0.0218. The number of nitrogens with zero attached hydrogens (tertiary/aromatic N) is 5. The van der Waals surface area contributed by atoms with Crippen molar-refractivity contribution in [3.63, 3.8) is 0 Å². The molecule has 1 amide bonds. The molecule has 0 spiro atoms. The van der Waals surface area contributed by atoms with Crippen LogP contribution in [0.4, 0.5) is 30.0 Å². The van der Waals surface area contributed by atoms with E-state index in [-0.39, 0.29) is 47.1 Å². The third-order valence-electron chi connectivity index (χ3n) is 5.83. The summed E-state index contributed by atoms with van der Waals surface area (Å²) in [5, 5.41) is -0.459. The van der Waals surface area contributed by atoms with Gasteiger partial charge in [-0.05, 0) is 45.9 Å². The number of anilines is 1. The van der Waals surface area contributed by atoms with E-state index in [1.807, 2.05) is 0 Å². The van der Waals surface area contributed by atoms with Gasteiger partial charge in [0.15, 0.2) is 5.65 Å². The van der Waals surface area contributed by atoms with Crippen LogP contribution in [-0.2, 0) is 4.74 Å². The number of aromatic nitrogens is 3. The summed E-state index contributed by atoms with van der Waals surface area (Å²) >= 11 is 12.2. The van der Waals surface area contributed by atoms with Crippen molar-refractivity contribution in [2.45, 2.75) is 44.2 Å². The third kappa shape index (κ3) is 6.02. The first-order valence-corrected chi connectivity index (χ1v) is 14.2. The molecule has 1 atom stereocenters. The van der Waals surface area contributed by atoms with Crippen molar-refractivity contribution in [2.24, 2.45) is 0 Å². The molecule has 0 aliphatic carbocycles. The van der Waals surface area contributed by atoms with E-state index in [0.29, 0.717) is 4.57 Å². The Labute approximate surface area is 230 Å². The number of ether oxygens (including phenoxy) is 1. The molecule has 1 fully saturated rings. The Bertz CT molecular complexity index is 1550. The summed E-state index contributed by atoms with van der Waals surface area (Å²) in [7, 11) is -10.3. The van der Waals surface area contributed by atoms with Gasteiger partial charge in [0, 0.05) is 25.7 Å². The Kier molecular flexibility index (Phi) is 6.60. The number of hydrogen-bond donors (Lipinski definition) is 0. The van der Waals surface area contributed by atoms with E-state index in [4.69, 9.17) is 27.9 Å². The number of fused-ring (bicyclic) bond motifs is 1. The van der Waals surface area contributed by atoms with Crippen LogP contribution in [-0.4, -0.2) is 56.8 Å². The van der Waals surface area contributed by atoms with E-state index >= 15 is 0 Å². The van der Waals surface area contributed by atoms with Crippen LogP contribution in [0.2, 0.25) is 10.2 Å². The lowest BCUT2D eigenvalue weighted by atomic mass is 10.1. The van der Waals surface area contributed by atoms with Crippen molar-refractivity contribution in [3.8, 4) is 5.69 Å². The average Bonchev–Trinajstić information content (AvgIpc) is 2.77. The number of amides is 1. The Morgan fingerprint density at radius 1 is 1.08 bits per heavy atom. The standard InChI is InChI=1S/C23H24Cl2F5N5O3S/c1-13-12-33(22(37)38-23(2,3)4)9-10-34(13)19-14-11-15(24)18(25)31-20(14)35(21(36)32-19)16-7-5-6-8-17(16)39(26,27,28,29)30/h5-8,11,13H,9-10,12H2,1-4H3/t13-/m0/s1. The van der Waals surface area contributed by atoms with Crippen molar-refractivity contribution < 1.29 is 29.0 Å². The maximum atomic E-state index is 13.9. The predicted molar refractivity (Wildman–Crippen MR) is 141 cm³/mol. The summed E-state index contributed by atoms with van der Waals surface area (Å²) in [6.07, 6.45) is -0.536. The van der Waals surface area contributed by atoms with Crippen LogP contribution < -0.4 is 10.6 Å². The van der Waals surface area contributed by atoms with Gasteiger partial charge >= 0.3 is 22.0 Å². The summed E-state index contributed by atoms with van der Waals surface area (Å²) < 4.78 is 75.5. The fraction of sp³-hybridized carbons (Fsp3) is 0.391. The second-order valence-corrected chi connectivity index (χ2v) is 13.2. The van der Waals surface area contributed by atoms with E-state index in [1.54, 1.807) is 32.6 Å². The number of hydrogen-bond acceptors (Lipinski definition) is 6. The first-order chi connectivity index (χ1) is 17.7. The van der Waals surface area contributed by atoms with Gasteiger partial charge in [0.05, 0.1) is 16.1 Å². The van der Waals surface area contributed by atoms with Gasteiger partial charge in [-0.1, -0.05) is 54.8 Å². The molecule has 0 saturated carbocycles. The van der Waals surface area contributed by atoms with Crippen molar-refractivity contribution >= 4 is 56.4 Å². The van der Waals surface area contributed by atoms with Gasteiger partial charge in [0.1, 0.15) is 21.5 Å². The normalized spacial score (nSPS) is 18.6. The Morgan fingerprint density at radius 2 is 1.72 bits per heavy atom. The maximum Gasteiger partial charge on any atom is 0.410 e. The molecule has 1 aliphatic heterocycles. The molecule has 39 heavy (non-hydrogen) atoms. The minimum absolute atomic E-state index is 0.00136. The van der Waals surface area contributed by atoms with Crippen molar-refractivity contribution in [3.05, 3.63) is 51.0 Å². The van der Waals surface area contributed by atoms with Gasteiger partial charge < -0.3 is 14.5 Å². The SMILES string of the molecule is C[C@H]1CN(C(=O)OC(C)(C)C)CCN1c1nc(=O)n(-c2ccccc2S(F)(F)(F)(F)F)c2nc(Cl)c(Cl)cc12. The number of para-hydroxylation sites is 1. The van der Waals surface area contributed by atoms with Crippen LogP contribution in [0, 0.1) is 0 Å². The summed E-state index contributed by atoms with van der Waals surface area (Å²) in [6.45, 7) is 7.43. The molecular weight excluding hydrogens is 592 g/mol. The van der Waals surface area contributed by atoms with Crippen molar-refractivity contribution in [2.75, 3.05) is 24.5 Å². The Hall–Kier alpha value is -2.84. The topological polar surface area (TPSA) is 80.6 Å². The van der Waals surface area contributed by atoms with E-state index in [1.165, 1.54) is 11.0 Å². The molecule has 1 saturated heterocycles. The molecule has 0 N–H and O–H groups in total. The zero-order chi connectivity index (χ0) is 29.2. The number of rotatable bonds is 3. The molecule has 3 heterocycles. The molecule has 4 rings (SSSR count). The van der Waals surface area contributed by atoms with Gasteiger partial charge in [0.2, 0.25) is 0 Å². The smallest absolute Gasteiger partial charge is 0.410 e. The highest BCUT2D eigenvalue weighted by Gasteiger charge is 2.67. The minimum Gasteiger partial charge on any atom is -0.444 e. The first kappa shape index (κ1) is 29.2. The minimum atomic E-state index is -10.3. The van der Waals surface area contributed by atoms with Crippen molar-refractivity contribution in [1.29, 1.82) is 0 Å². The first-order valence-electron chi connectivity index (χ1n) is 11.5. The number of benzene rings is 1. The van der Waals surface area contributed by atoms with Gasteiger partial charge in [-0.3, -0.25) is 0 Å². The number of piperazine rings is 1. The zero-order valence-electron chi connectivity index (χ0n) is 21.1. The molecule has 16 heteroatoms. The van der Waals surface area contributed by atoms with Crippen LogP contribution in [0.25, 0.3) is 16.7 Å². The molecule has 214 valence electrons. The van der Waals surface area contributed by atoms with Gasteiger partial charge in [-0.15, -0.1) is 0 Å². The molecule has 3 aromatic rings. The van der Waals surface area contributed by atoms with E-state index in [9.17, 15) is 29.0 Å². The number of halogens is 7. The van der Waals surface area contributed by atoms with Crippen LogP contribution >= 0.6 is 33.4 Å². The van der Waals surface area contributed by atoms with E-state index in [0.717, 1.165) is 18.2 Å². The van der Waals surface area contributed by atoms with E-state index in [2.05, 4.69) is 9.97 Å². The average molecular weight is 616 g/mol. The molecule has 0 bridgehead atoms. The van der Waals surface area contributed by atoms with Crippen LogP contribution in [0.15, 0.2) is 40.0 Å². The van der Waals surface area contributed by atoms with Crippen molar-refractivity contribution in [1.82, 2.24) is 19.4 Å². The molecule has 2 aromatic heterocycles. The molecule has 8 nitrogen and oxygen atoms in total. The Morgan fingerprint density at radius 3 is 2.31 bits per heavy atom. The largest absolute Gasteiger partial charge is 0.444 e. The fourth-order valence-electron chi connectivity index (χ4n) is 4.25. The quantitative estimate of drug-likeness (QED) is 0.229. The lowest BCUT2D eigenvalue weighted by Gasteiger charge is -2.42. The molecule has 1 aliphatic rings.